The normalized spacial score (nSPS) is 13.3. The van der Waals surface area contributed by atoms with Crippen molar-refractivity contribution in [1.82, 2.24) is 14.5 Å². The molecule has 0 saturated carbocycles. The summed E-state index contributed by atoms with van der Waals surface area (Å²) < 4.78 is 2.26. The van der Waals surface area contributed by atoms with E-state index in [2.05, 4.69) is 198 Å². The molecule has 55 heavy (non-hydrogen) atoms. The predicted octanol–water partition coefficient (Wildman–Crippen LogP) is 12.2. The molecule has 0 aliphatic carbocycles. The summed E-state index contributed by atoms with van der Waals surface area (Å²) in [6.07, 6.45) is 3.81. The number of anilines is 6. The Morgan fingerprint density at radius 3 is 1.95 bits per heavy atom. The molecule has 0 N–H and O–H groups in total. The maximum atomic E-state index is 5.04. The zero-order valence-corrected chi connectivity index (χ0v) is 35.7. The number of fused-ring (bicyclic) bond motifs is 4. The first-order valence-corrected chi connectivity index (χ1v) is 18.8. The smallest absolute Gasteiger partial charge is 0.135 e. The van der Waals surface area contributed by atoms with E-state index >= 15 is 0 Å². The van der Waals surface area contributed by atoms with Crippen molar-refractivity contribution in [3.05, 3.63) is 145 Å². The summed E-state index contributed by atoms with van der Waals surface area (Å²) in [5, 5.41) is 2.28. The molecule has 4 heterocycles. The molecular formula is C48H49N6Pt-3. The van der Waals surface area contributed by atoms with E-state index in [1.807, 2.05) is 18.5 Å². The van der Waals surface area contributed by atoms with E-state index in [4.69, 9.17) is 9.97 Å². The second kappa shape index (κ2) is 14.0. The molecule has 7 heteroatoms. The summed E-state index contributed by atoms with van der Waals surface area (Å²) in [5.74, 6) is 1.56. The van der Waals surface area contributed by atoms with Crippen LogP contribution in [0.5, 0.6) is 0 Å². The molecule has 0 spiro atoms. The van der Waals surface area contributed by atoms with Gasteiger partial charge in [0.2, 0.25) is 0 Å². The Morgan fingerprint density at radius 1 is 0.618 bits per heavy atom. The number of pyridine rings is 2. The Balaban J connectivity index is 0.00000465. The van der Waals surface area contributed by atoms with Crippen LogP contribution in [-0.2, 0) is 37.3 Å². The molecule has 0 atom stereocenters. The van der Waals surface area contributed by atoms with Gasteiger partial charge in [-0.3, -0.25) is 4.98 Å². The topological polar surface area (TPSA) is 40.4 Å². The van der Waals surface area contributed by atoms with Crippen molar-refractivity contribution in [3.63, 3.8) is 0 Å². The molecule has 0 unspecified atom stereocenters. The maximum Gasteiger partial charge on any atom is 0.135 e. The predicted molar refractivity (Wildman–Crippen MR) is 226 cm³/mol. The fraction of sp³-hybridized carbons (Fsp3) is 0.271. The number of para-hydroxylation sites is 3. The Hall–Kier alpha value is -4.93. The van der Waals surface area contributed by atoms with Crippen molar-refractivity contribution in [2.75, 3.05) is 21.7 Å². The van der Waals surface area contributed by atoms with E-state index in [1.54, 1.807) is 0 Å². The van der Waals surface area contributed by atoms with Gasteiger partial charge in [0, 0.05) is 55.7 Å². The van der Waals surface area contributed by atoms with Gasteiger partial charge in [0.1, 0.15) is 5.82 Å². The second-order valence-corrected chi connectivity index (χ2v) is 17.6. The van der Waals surface area contributed by atoms with Crippen LogP contribution in [0.3, 0.4) is 0 Å². The third kappa shape index (κ3) is 7.06. The van der Waals surface area contributed by atoms with Gasteiger partial charge in [0.15, 0.2) is 0 Å². The Kier molecular flexibility index (Phi) is 9.74. The average Bonchev–Trinajstić information content (AvgIpc) is 3.65. The fourth-order valence-corrected chi connectivity index (χ4v) is 7.32. The summed E-state index contributed by atoms with van der Waals surface area (Å²) in [6.45, 7) is 22.5. The van der Waals surface area contributed by atoms with Crippen LogP contribution in [-0.4, -0.2) is 21.6 Å². The number of rotatable bonds is 5. The van der Waals surface area contributed by atoms with Gasteiger partial charge in [0.05, 0.1) is 0 Å². The molecule has 0 bridgehead atoms. The Bertz CT molecular complexity index is 2500. The molecule has 6 nitrogen and oxygen atoms in total. The molecule has 284 valence electrons. The van der Waals surface area contributed by atoms with Crippen LogP contribution in [0.4, 0.5) is 34.3 Å². The summed E-state index contributed by atoms with van der Waals surface area (Å²) in [4.78, 5) is 16.5. The minimum atomic E-state index is -0.0800. The molecule has 1 aliphatic heterocycles. The molecule has 0 fully saturated rings. The van der Waals surface area contributed by atoms with Gasteiger partial charge in [-0.05, 0) is 87.8 Å². The van der Waals surface area contributed by atoms with Gasteiger partial charge in [-0.2, -0.15) is 30.6 Å². The number of hydrogen-bond donors (Lipinski definition) is 0. The minimum Gasteiger partial charge on any atom is -0.504 e. The van der Waals surface area contributed by atoms with Crippen LogP contribution in [0.2, 0.25) is 0 Å². The maximum absolute atomic E-state index is 5.04. The first-order chi connectivity index (χ1) is 25.6. The Labute approximate surface area is 341 Å². The standard InChI is InChI=1S/C48H49N6.Pt/c1-46(2,3)32-21-23-49-44(28-32)54-40-16-12-11-15-38(40)39-20-19-36(29-43(39)54)53(37-26-33(47(4,5)6)25-34(27-37)48(7,8)9)45-30-35(22-24-50-45)52-31-51(10)41-17-13-14-18-42(41)52;/h11-28,31H,1-10H3;/q-3;. The van der Waals surface area contributed by atoms with Crippen LogP contribution >= 0.6 is 0 Å². The van der Waals surface area contributed by atoms with Crippen molar-refractivity contribution >= 4 is 56.1 Å². The van der Waals surface area contributed by atoms with Crippen LogP contribution in [0.1, 0.15) is 79.0 Å². The zero-order valence-electron chi connectivity index (χ0n) is 33.5. The van der Waals surface area contributed by atoms with Gasteiger partial charge < -0.3 is 19.3 Å². The molecule has 8 rings (SSSR count). The molecule has 0 saturated heterocycles. The third-order valence-corrected chi connectivity index (χ3v) is 10.5. The molecule has 4 aromatic carbocycles. The zero-order chi connectivity index (χ0) is 38.2. The van der Waals surface area contributed by atoms with Crippen LogP contribution < -0.4 is 14.7 Å². The van der Waals surface area contributed by atoms with Crippen molar-refractivity contribution in [2.24, 2.45) is 0 Å². The summed E-state index contributed by atoms with van der Waals surface area (Å²) >= 11 is 0. The van der Waals surface area contributed by atoms with Crippen molar-refractivity contribution in [3.8, 4) is 5.82 Å². The van der Waals surface area contributed by atoms with Crippen LogP contribution in [0.15, 0.2) is 109 Å². The quantitative estimate of drug-likeness (QED) is 0.161. The van der Waals surface area contributed by atoms with Gasteiger partial charge in [-0.25, -0.2) is 4.98 Å². The van der Waals surface area contributed by atoms with Gasteiger partial charge in [0.25, 0.3) is 0 Å². The molecule has 0 amide bonds. The van der Waals surface area contributed by atoms with E-state index < -0.39 is 0 Å². The van der Waals surface area contributed by atoms with Crippen molar-refractivity contribution < 1.29 is 21.1 Å². The fourth-order valence-electron chi connectivity index (χ4n) is 7.32. The summed E-state index contributed by atoms with van der Waals surface area (Å²) in [5.41, 5.74) is 10.6. The van der Waals surface area contributed by atoms with Crippen molar-refractivity contribution in [1.29, 1.82) is 0 Å². The average molecular weight is 905 g/mol. The van der Waals surface area contributed by atoms with E-state index in [1.165, 1.54) is 16.7 Å². The largest absolute Gasteiger partial charge is 0.504 e. The molecule has 7 aromatic rings. The van der Waals surface area contributed by atoms with E-state index in [0.717, 1.165) is 56.1 Å². The SMILES string of the molecule is CN1[CH-]N(c2[c-]c(N(c3[c-]c4c(cc3)c3ccccc3n4-c3cc(C(C)(C)C)ccn3)c3cc(C(C)(C)C)cc(C(C)(C)C)c3)ncc2)c2ccccc21.[Pt]. The molecular weight excluding hydrogens is 856 g/mol. The minimum absolute atomic E-state index is 0. The number of aromatic nitrogens is 3. The molecule has 3 aromatic heterocycles. The summed E-state index contributed by atoms with van der Waals surface area (Å²) in [6, 6.07) is 42.4. The number of nitrogens with zero attached hydrogens (tertiary/aromatic N) is 6. The number of benzene rings is 4. The Morgan fingerprint density at radius 2 is 1.25 bits per heavy atom. The van der Waals surface area contributed by atoms with E-state index in [9.17, 15) is 0 Å². The second-order valence-electron chi connectivity index (χ2n) is 17.6. The van der Waals surface area contributed by atoms with Gasteiger partial charge >= 0.3 is 0 Å². The van der Waals surface area contributed by atoms with E-state index in [-0.39, 0.29) is 37.3 Å². The van der Waals surface area contributed by atoms with Crippen LogP contribution in [0.25, 0.3) is 27.6 Å². The summed E-state index contributed by atoms with van der Waals surface area (Å²) in [7, 11) is 2.08. The first kappa shape index (κ1) is 38.3. The van der Waals surface area contributed by atoms with E-state index in [0.29, 0.717) is 5.82 Å². The molecule has 1 aliphatic rings. The van der Waals surface area contributed by atoms with Crippen molar-refractivity contribution in [2.45, 2.75) is 78.6 Å². The van der Waals surface area contributed by atoms with Gasteiger partial charge in [-0.15, -0.1) is 17.5 Å². The van der Waals surface area contributed by atoms with Gasteiger partial charge in [-0.1, -0.05) is 116 Å². The van der Waals surface area contributed by atoms with Crippen LogP contribution in [0, 0.1) is 18.8 Å². The first-order valence-electron chi connectivity index (χ1n) is 18.8. The third-order valence-electron chi connectivity index (χ3n) is 10.5. The number of hydrogen-bond acceptors (Lipinski definition) is 5. The monoisotopic (exact) mass is 904 g/mol. The molecule has 0 radical (unpaired) electrons.